The summed E-state index contributed by atoms with van der Waals surface area (Å²) in [5, 5.41) is 9.04. The molecule has 1 N–H and O–H groups in total. The van der Waals surface area contributed by atoms with E-state index in [0.717, 1.165) is 48.5 Å². The van der Waals surface area contributed by atoms with Gasteiger partial charge in [-0.05, 0) is 58.1 Å². The number of imidazole rings is 1. The Balaban J connectivity index is 1.87. The van der Waals surface area contributed by atoms with E-state index < -0.39 is 5.97 Å². The van der Waals surface area contributed by atoms with Gasteiger partial charge in [-0.25, -0.2) is 4.98 Å². The summed E-state index contributed by atoms with van der Waals surface area (Å²) in [4.78, 5) is 20.2. The molecule has 1 aromatic heterocycles. The highest BCUT2D eigenvalue weighted by Crippen LogP contribution is 2.26. The molecular weight excluding hydrogens is 292 g/mol. The monoisotopic (exact) mass is 316 g/mol. The fourth-order valence-electron chi connectivity index (χ4n) is 3.39. The van der Waals surface area contributed by atoms with Crippen LogP contribution in [0.15, 0.2) is 18.2 Å². The first-order valence-electron chi connectivity index (χ1n) is 8.06. The van der Waals surface area contributed by atoms with Crippen LogP contribution in [0, 0.1) is 6.92 Å². The number of benzene rings is 1. The van der Waals surface area contributed by atoms with Gasteiger partial charge in [-0.1, -0.05) is 0 Å². The lowest BCUT2D eigenvalue weighted by molar-refractivity contribution is -0.137. The molecule has 124 valence electrons. The first-order valence-corrected chi connectivity index (χ1v) is 8.06. The van der Waals surface area contributed by atoms with Gasteiger partial charge in [0.25, 0.3) is 0 Å². The van der Waals surface area contributed by atoms with E-state index in [9.17, 15) is 4.79 Å². The van der Waals surface area contributed by atoms with Gasteiger partial charge in [0.15, 0.2) is 0 Å². The molecule has 0 bridgehead atoms. The van der Waals surface area contributed by atoms with E-state index in [1.165, 1.54) is 0 Å². The lowest BCUT2D eigenvalue weighted by Gasteiger charge is -2.36. The Morgan fingerprint density at radius 3 is 2.74 bits per heavy atom. The minimum Gasteiger partial charge on any atom is -0.480 e. The molecule has 0 spiro atoms. The molecule has 0 radical (unpaired) electrons. The lowest BCUT2D eigenvalue weighted by Crippen LogP contribution is -2.41. The zero-order chi connectivity index (χ0) is 16.6. The molecule has 0 unspecified atom stereocenters. The Labute approximate surface area is 136 Å². The number of hydrogen-bond acceptors (Lipinski definition) is 4. The van der Waals surface area contributed by atoms with E-state index in [4.69, 9.17) is 5.11 Å². The molecule has 0 amide bonds. The molecule has 1 aliphatic heterocycles. The topological polar surface area (TPSA) is 61.6 Å². The first-order chi connectivity index (χ1) is 11.0. The van der Waals surface area contributed by atoms with Gasteiger partial charge in [-0.15, -0.1) is 0 Å². The number of carbonyl (C=O) groups is 1. The molecule has 2 heterocycles. The highest BCUT2D eigenvalue weighted by Gasteiger charge is 2.21. The second-order valence-corrected chi connectivity index (χ2v) is 6.46. The average Bonchev–Trinajstić information content (AvgIpc) is 2.82. The second kappa shape index (κ2) is 6.20. The zero-order valence-electron chi connectivity index (χ0n) is 14.0. The van der Waals surface area contributed by atoms with Crippen molar-refractivity contribution in [3.05, 3.63) is 24.0 Å². The Kier molecular flexibility index (Phi) is 4.26. The average molecular weight is 316 g/mol. The Bertz CT molecular complexity index is 717. The summed E-state index contributed by atoms with van der Waals surface area (Å²) in [5.41, 5.74) is 2.89. The van der Waals surface area contributed by atoms with Gasteiger partial charge in [0, 0.05) is 18.8 Å². The van der Waals surface area contributed by atoms with E-state index in [2.05, 4.69) is 41.0 Å². The number of piperidine rings is 1. The third kappa shape index (κ3) is 3.17. The fraction of sp³-hybridized carbons (Fsp3) is 0.529. The molecule has 23 heavy (non-hydrogen) atoms. The Morgan fingerprint density at radius 1 is 1.39 bits per heavy atom. The maximum absolute atomic E-state index is 11.0. The van der Waals surface area contributed by atoms with Crippen molar-refractivity contribution in [2.75, 3.05) is 32.1 Å². The molecule has 6 heteroatoms. The van der Waals surface area contributed by atoms with E-state index in [-0.39, 0.29) is 6.54 Å². The van der Waals surface area contributed by atoms with Crippen LogP contribution in [0.3, 0.4) is 0 Å². The predicted molar refractivity (Wildman–Crippen MR) is 91.0 cm³/mol. The van der Waals surface area contributed by atoms with Crippen molar-refractivity contribution in [3.8, 4) is 0 Å². The molecule has 1 fully saturated rings. The maximum Gasteiger partial charge on any atom is 0.323 e. The van der Waals surface area contributed by atoms with Crippen LogP contribution < -0.4 is 4.90 Å². The SMILES string of the molecule is Cc1nc2cc(N(C)C3CCN(C)CC3)ccc2n1CC(=O)O. The number of carboxylic acids is 1. The van der Waals surface area contributed by atoms with Gasteiger partial charge in [-0.2, -0.15) is 0 Å². The zero-order valence-corrected chi connectivity index (χ0v) is 14.0. The van der Waals surface area contributed by atoms with Crippen LogP contribution in [-0.4, -0.2) is 58.8 Å². The van der Waals surface area contributed by atoms with Crippen molar-refractivity contribution < 1.29 is 9.90 Å². The van der Waals surface area contributed by atoms with Crippen molar-refractivity contribution >= 4 is 22.7 Å². The molecule has 1 aliphatic rings. The number of rotatable bonds is 4. The number of aromatic nitrogens is 2. The first kappa shape index (κ1) is 15.8. The summed E-state index contributed by atoms with van der Waals surface area (Å²) < 4.78 is 1.75. The van der Waals surface area contributed by atoms with Crippen molar-refractivity contribution in [3.63, 3.8) is 0 Å². The fourth-order valence-corrected chi connectivity index (χ4v) is 3.39. The largest absolute Gasteiger partial charge is 0.480 e. The second-order valence-electron chi connectivity index (χ2n) is 6.46. The summed E-state index contributed by atoms with van der Waals surface area (Å²) >= 11 is 0. The number of anilines is 1. The number of hydrogen-bond donors (Lipinski definition) is 1. The molecule has 0 atom stereocenters. The van der Waals surface area contributed by atoms with Crippen molar-refractivity contribution in [1.29, 1.82) is 0 Å². The lowest BCUT2D eigenvalue weighted by atomic mass is 10.0. The third-order valence-corrected chi connectivity index (χ3v) is 4.86. The van der Waals surface area contributed by atoms with E-state index >= 15 is 0 Å². The molecule has 3 rings (SSSR count). The smallest absolute Gasteiger partial charge is 0.323 e. The Hall–Kier alpha value is -2.08. The molecule has 1 saturated heterocycles. The summed E-state index contributed by atoms with van der Waals surface area (Å²) in [6.45, 7) is 4.06. The van der Waals surface area contributed by atoms with Gasteiger partial charge in [-0.3, -0.25) is 4.79 Å². The van der Waals surface area contributed by atoms with Crippen molar-refractivity contribution in [2.45, 2.75) is 32.4 Å². The minimum atomic E-state index is -0.847. The summed E-state index contributed by atoms with van der Waals surface area (Å²) in [6, 6.07) is 6.67. The number of fused-ring (bicyclic) bond motifs is 1. The van der Waals surface area contributed by atoms with Crippen molar-refractivity contribution in [1.82, 2.24) is 14.5 Å². The van der Waals surface area contributed by atoms with Crippen LogP contribution in [0.4, 0.5) is 5.69 Å². The number of likely N-dealkylation sites (tertiary alicyclic amines) is 1. The van der Waals surface area contributed by atoms with E-state index in [1.54, 1.807) is 4.57 Å². The van der Waals surface area contributed by atoms with Crippen LogP contribution in [0.2, 0.25) is 0 Å². The number of aryl methyl sites for hydroxylation is 1. The highest BCUT2D eigenvalue weighted by atomic mass is 16.4. The molecule has 6 nitrogen and oxygen atoms in total. The molecule has 2 aromatic rings. The summed E-state index contributed by atoms with van der Waals surface area (Å²) in [7, 11) is 4.30. The van der Waals surface area contributed by atoms with Crippen LogP contribution >= 0.6 is 0 Å². The quantitative estimate of drug-likeness (QED) is 0.934. The third-order valence-electron chi connectivity index (χ3n) is 4.86. The number of nitrogens with zero attached hydrogens (tertiary/aromatic N) is 4. The van der Waals surface area contributed by atoms with Gasteiger partial charge in [0.1, 0.15) is 12.4 Å². The molecular formula is C17H24N4O2. The van der Waals surface area contributed by atoms with Crippen LogP contribution in [0.25, 0.3) is 11.0 Å². The Morgan fingerprint density at radius 2 is 2.09 bits per heavy atom. The molecule has 0 saturated carbocycles. The normalized spacial score (nSPS) is 16.8. The number of aliphatic carboxylic acids is 1. The van der Waals surface area contributed by atoms with Crippen molar-refractivity contribution in [2.24, 2.45) is 0 Å². The van der Waals surface area contributed by atoms with Crippen LogP contribution in [0.5, 0.6) is 0 Å². The summed E-state index contributed by atoms with van der Waals surface area (Å²) in [5.74, 6) is -0.110. The van der Waals surface area contributed by atoms with E-state index in [0.29, 0.717) is 6.04 Å². The molecule has 0 aliphatic carbocycles. The minimum absolute atomic E-state index is 0.0491. The maximum atomic E-state index is 11.0. The number of carboxylic acid groups (broad SMARTS) is 1. The summed E-state index contributed by atoms with van der Waals surface area (Å²) in [6.07, 6.45) is 2.33. The van der Waals surface area contributed by atoms with Gasteiger partial charge in [0.2, 0.25) is 0 Å². The predicted octanol–water partition coefficient (Wildman–Crippen LogP) is 1.96. The van der Waals surface area contributed by atoms with Gasteiger partial charge < -0.3 is 19.5 Å². The standard InChI is InChI=1S/C17H24N4O2/c1-12-18-15-10-14(4-5-16(15)21(12)11-17(22)23)20(3)13-6-8-19(2)9-7-13/h4-5,10,13H,6-9,11H2,1-3H3,(H,22,23). The molecule has 1 aromatic carbocycles. The van der Waals surface area contributed by atoms with Crippen LogP contribution in [-0.2, 0) is 11.3 Å². The van der Waals surface area contributed by atoms with E-state index in [1.807, 2.05) is 13.0 Å². The van der Waals surface area contributed by atoms with Crippen LogP contribution in [0.1, 0.15) is 18.7 Å². The van der Waals surface area contributed by atoms with Gasteiger partial charge in [0.05, 0.1) is 11.0 Å². The highest BCUT2D eigenvalue weighted by molar-refractivity contribution is 5.82. The van der Waals surface area contributed by atoms with Gasteiger partial charge >= 0.3 is 5.97 Å².